The Morgan fingerprint density at radius 1 is 1.69 bits per heavy atom. The van der Waals surface area contributed by atoms with Gasteiger partial charge in [0.05, 0.1) is 12.7 Å². The van der Waals surface area contributed by atoms with Gasteiger partial charge in [0.15, 0.2) is 0 Å². The molecule has 0 spiro atoms. The van der Waals surface area contributed by atoms with E-state index in [-0.39, 0.29) is 12.5 Å². The van der Waals surface area contributed by atoms with E-state index in [2.05, 4.69) is 0 Å². The van der Waals surface area contributed by atoms with Crippen molar-refractivity contribution in [3.8, 4) is 6.07 Å². The molecule has 0 aliphatic rings. The Morgan fingerprint density at radius 3 is 2.69 bits per heavy atom. The van der Waals surface area contributed by atoms with Crippen LogP contribution >= 0.6 is 0 Å². The van der Waals surface area contributed by atoms with Crippen molar-refractivity contribution in [2.45, 2.75) is 19.8 Å². The number of hydrogen-bond donors (Lipinski definition) is 1. The lowest BCUT2D eigenvalue weighted by Gasteiger charge is -2.18. The van der Waals surface area contributed by atoms with Gasteiger partial charge in [-0.05, 0) is 6.42 Å². The van der Waals surface area contributed by atoms with Crippen molar-refractivity contribution in [3.63, 3.8) is 0 Å². The molecule has 1 amide bonds. The molecular formula is C9H16N2O2. The van der Waals surface area contributed by atoms with Crippen LogP contribution in [0.15, 0.2) is 0 Å². The van der Waals surface area contributed by atoms with Crippen LogP contribution in [-0.2, 0) is 4.79 Å². The van der Waals surface area contributed by atoms with E-state index in [0.717, 1.165) is 6.42 Å². The molecule has 1 N–H and O–H groups in total. The Kier molecular flexibility index (Phi) is 5.90. The number of nitriles is 1. The van der Waals surface area contributed by atoms with E-state index in [9.17, 15) is 4.79 Å². The number of amides is 1. The van der Waals surface area contributed by atoms with Crippen LogP contribution in [0.4, 0.5) is 0 Å². The van der Waals surface area contributed by atoms with E-state index in [0.29, 0.717) is 13.0 Å². The van der Waals surface area contributed by atoms with E-state index in [4.69, 9.17) is 10.4 Å². The molecule has 0 bridgehead atoms. The van der Waals surface area contributed by atoms with Crippen molar-refractivity contribution in [3.05, 3.63) is 0 Å². The Hall–Kier alpha value is -1.08. The smallest absolute Gasteiger partial charge is 0.239 e. The highest BCUT2D eigenvalue weighted by Gasteiger charge is 2.19. The Morgan fingerprint density at radius 2 is 2.31 bits per heavy atom. The summed E-state index contributed by atoms with van der Waals surface area (Å²) in [6.45, 7) is 2.16. The molecule has 0 aliphatic heterocycles. The highest BCUT2D eigenvalue weighted by Crippen LogP contribution is 2.07. The molecule has 0 saturated carbocycles. The first kappa shape index (κ1) is 11.9. The first-order chi connectivity index (χ1) is 6.17. The van der Waals surface area contributed by atoms with Crippen LogP contribution < -0.4 is 0 Å². The zero-order valence-corrected chi connectivity index (χ0v) is 8.16. The summed E-state index contributed by atoms with van der Waals surface area (Å²) in [5, 5.41) is 17.3. The molecule has 4 heteroatoms. The fraction of sp³-hybridized carbons (Fsp3) is 0.778. The highest BCUT2D eigenvalue weighted by molar-refractivity contribution is 5.80. The first-order valence-electron chi connectivity index (χ1n) is 4.42. The van der Waals surface area contributed by atoms with E-state index >= 15 is 0 Å². The lowest BCUT2D eigenvalue weighted by atomic mass is 10.0. The number of nitrogens with zero attached hydrogens (tertiary/aromatic N) is 2. The number of aliphatic hydroxyl groups is 1. The number of aliphatic hydroxyl groups excluding tert-OH is 1. The maximum absolute atomic E-state index is 11.4. The van der Waals surface area contributed by atoms with Gasteiger partial charge in [-0.2, -0.15) is 5.26 Å². The van der Waals surface area contributed by atoms with Crippen LogP contribution in [0, 0.1) is 17.2 Å². The molecular weight excluding hydrogens is 168 g/mol. The van der Waals surface area contributed by atoms with Gasteiger partial charge in [-0.15, -0.1) is 0 Å². The van der Waals surface area contributed by atoms with Gasteiger partial charge in [0.2, 0.25) is 5.91 Å². The standard InChI is InChI=1S/C9H16N2O2/c1-3-4-8(7-10)9(13)11(2)5-6-12/h8,12H,3-6H2,1-2H3. The minimum atomic E-state index is -0.554. The SMILES string of the molecule is CCCC(C#N)C(=O)N(C)CCO. The van der Waals surface area contributed by atoms with Gasteiger partial charge in [0.1, 0.15) is 5.92 Å². The molecule has 0 aliphatic carbocycles. The van der Waals surface area contributed by atoms with Crippen molar-refractivity contribution >= 4 is 5.91 Å². The van der Waals surface area contributed by atoms with E-state index in [1.54, 1.807) is 7.05 Å². The van der Waals surface area contributed by atoms with Gasteiger partial charge in [-0.1, -0.05) is 13.3 Å². The van der Waals surface area contributed by atoms with Crippen LogP contribution in [0.5, 0.6) is 0 Å². The Bertz CT molecular complexity index is 198. The van der Waals surface area contributed by atoms with Crippen LogP contribution in [0.2, 0.25) is 0 Å². The summed E-state index contributed by atoms with van der Waals surface area (Å²) < 4.78 is 0. The molecule has 0 saturated heterocycles. The summed E-state index contributed by atoms with van der Waals surface area (Å²) in [6.07, 6.45) is 1.40. The summed E-state index contributed by atoms with van der Waals surface area (Å²) >= 11 is 0. The van der Waals surface area contributed by atoms with Gasteiger partial charge in [-0.25, -0.2) is 0 Å². The maximum atomic E-state index is 11.4. The summed E-state index contributed by atoms with van der Waals surface area (Å²) in [5.74, 6) is -0.750. The minimum Gasteiger partial charge on any atom is -0.395 e. The molecule has 1 unspecified atom stereocenters. The molecule has 0 aromatic heterocycles. The number of carbonyl (C=O) groups is 1. The largest absolute Gasteiger partial charge is 0.395 e. The monoisotopic (exact) mass is 184 g/mol. The average molecular weight is 184 g/mol. The van der Waals surface area contributed by atoms with Crippen molar-refractivity contribution in [1.82, 2.24) is 4.90 Å². The predicted molar refractivity (Wildman–Crippen MR) is 48.7 cm³/mol. The maximum Gasteiger partial charge on any atom is 0.239 e. The summed E-state index contributed by atoms with van der Waals surface area (Å²) in [6, 6.07) is 1.97. The summed E-state index contributed by atoms with van der Waals surface area (Å²) in [7, 11) is 1.60. The van der Waals surface area contributed by atoms with Crippen LogP contribution in [0.25, 0.3) is 0 Å². The van der Waals surface area contributed by atoms with Crippen LogP contribution in [0.1, 0.15) is 19.8 Å². The molecule has 4 nitrogen and oxygen atoms in total. The number of hydrogen-bond acceptors (Lipinski definition) is 3. The molecule has 0 heterocycles. The van der Waals surface area contributed by atoms with Crippen molar-refractivity contribution in [2.24, 2.45) is 5.92 Å². The third-order valence-electron chi connectivity index (χ3n) is 1.84. The number of likely N-dealkylation sites (N-methyl/N-ethyl adjacent to an activating group) is 1. The molecule has 0 rings (SSSR count). The molecule has 0 aromatic rings. The zero-order valence-electron chi connectivity index (χ0n) is 8.16. The van der Waals surface area contributed by atoms with Crippen molar-refractivity contribution in [1.29, 1.82) is 5.26 Å². The van der Waals surface area contributed by atoms with Crippen LogP contribution in [0.3, 0.4) is 0 Å². The van der Waals surface area contributed by atoms with E-state index in [1.165, 1.54) is 4.90 Å². The second kappa shape index (κ2) is 6.44. The number of carbonyl (C=O) groups excluding carboxylic acids is 1. The lowest BCUT2D eigenvalue weighted by Crippen LogP contribution is -2.34. The van der Waals surface area contributed by atoms with Crippen LogP contribution in [-0.4, -0.2) is 36.1 Å². The second-order valence-electron chi connectivity index (χ2n) is 2.95. The molecule has 0 aromatic carbocycles. The van der Waals surface area contributed by atoms with Gasteiger partial charge >= 0.3 is 0 Å². The fourth-order valence-corrected chi connectivity index (χ4v) is 1.06. The fourth-order valence-electron chi connectivity index (χ4n) is 1.06. The van der Waals surface area contributed by atoms with Crippen molar-refractivity contribution < 1.29 is 9.90 Å². The van der Waals surface area contributed by atoms with Gasteiger partial charge in [-0.3, -0.25) is 4.79 Å². The summed E-state index contributed by atoms with van der Waals surface area (Å²) in [4.78, 5) is 12.8. The third kappa shape index (κ3) is 3.90. The second-order valence-corrected chi connectivity index (χ2v) is 2.95. The van der Waals surface area contributed by atoms with E-state index in [1.807, 2.05) is 13.0 Å². The Balaban J connectivity index is 4.13. The van der Waals surface area contributed by atoms with Gasteiger partial charge in [0.25, 0.3) is 0 Å². The molecule has 1 atom stereocenters. The molecule has 0 fully saturated rings. The quantitative estimate of drug-likeness (QED) is 0.671. The van der Waals surface area contributed by atoms with Gasteiger partial charge < -0.3 is 10.0 Å². The molecule has 74 valence electrons. The Labute approximate surface area is 78.8 Å². The summed E-state index contributed by atoms with van der Waals surface area (Å²) in [5.41, 5.74) is 0. The predicted octanol–water partition coefficient (Wildman–Crippen LogP) is 0.377. The third-order valence-corrected chi connectivity index (χ3v) is 1.84. The zero-order chi connectivity index (χ0) is 10.3. The van der Waals surface area contributed by atoms with Crippen molar-refractivity contribution in [2.75, 3.05) is 20.2 Å². The topological polar surface area (TPSA) is 64.3 Å². The average Bonchev–Trinajstić information content (AvgIpc) is 2.13. The normalized spacial score (nSPS) is 11.8. The number of rotatable bonds is 5. The lowest BCUT2D eigenvalue weighted by molar-refractivity contribution is -0.133. The van der Waals surface area contributed by atoms with Gasteiger partial charge in [0, 0.05) is 13.6 Å². The molecule has 0 radical (unpaired) electrons. The first-order valence-corrected chi connectivity index (χ1v) is 4.42. The van der Waals surface area contributed by atoms with E-state index < -0.39 is 5.92 Å². The molecule has 13 heavy (non-hydrogen) atoms. The minimum absolute atomic E-state index is 0.0630. The highest BCUT2D eigenvalue weighted by atomic mass is 16.3.